The van der Waals surface area contributed by atoms with Gasteiger partial charge in [0.1, 0.15) is 17.5 Å². The molecule has 0 amide bonds. The molecule has 0 spiro atoms. The molecule has 4 aromatic rings. The summed E-state index contributed by atoms with van der Waals surface area (Å²) < 4.78 is 10.3. The number of nitrogens with one attached hydrogen (secondary N) is 1. The van der Waals surface area contributed by atoms with E-state index in [1.807, 2.05) is 18.2 Å². The minimum Gasteiger partial charge on any atom is -0.497 e. The Hall–Kier alpha value is -3.23. The molecule has 3 aromatic heterocycles. The zero-order valence-electron chi connectivity index (χ0n) is 15.9. The smallest absolute Gasteiger partial charge is 0.356 e. The van der Waals surface area contributed by atoms with Crippen LogP contribution in [0.4, 0.5) is 0 Å². The number of esters is 1. The monoisotopic (exact) mass is 409 g/mol. The van der Waals surface area contributed by atoms with E-state index in [0.717, 1.165) is 21.5 Å². The third kappa shape index (κ3) is 3.59. The van der Waals surface area contributed by atoms with Gasteiger partial charge >= 0.3 is 5.97 Å². The number of H-pyrrole nitrogens is 1. The molecule has 0 saturated carbocycles. The molecule has 0 aliphatic rings. The first-order chi connectivity index (χ1) is 14.1. The molecule has 2 N–H and O–H groups in total. The SMILES string of the molecule is CCOC(=O)c1cccc(C(O)c2c(-c3cncs3)[nH]c3cc(OC)ccc23)n1. The largest absolute Gasteiger partial charge is 0.497 e. The Morgan fingerprint density at radius 3 is 2.90 bits per heavy atom. The van der Waals surface area contributed by atoms with Crippen molar-refractivity contribution in [3.8, 4) is 16.3 Å². The summed E-state index contributed by atoms with van der Waals surface area (Å²) in [6, 6.07) is 10.5. The topological polar surface area (TPSA) is 97.3 Å². The van der Waals surface area contributed by atoms with Crippen molar-refractivity contribution >= 4 is 28.2 Å². The van der Waals surface area contributed by atoms with E-state index in [9.17, 15) is 9.90 Å². The Bertz CT molecular complexity index is 1150. The van der Waals surface area contributed by atoms with E-state index >= 15 is 0 Å². The Kier molecular flexibility index (Phi) is 5.28. The van der Waals surface area contributed by atoms with Gasteiger partial charge in [-0.15, -0.1) is 11.3 Å². The van der Waals surface area contributed by atoms with Crippen LogP contribution in [0.2, 0.25) is 0 Å². The molecule has 0 aliphatic heterocycles. The molecule has 3 heterocycles. The molecule has 29 heavy (non-hydrogen) atoms. The van der Waals surface area contributed by atoms with Gasteiger partial charge in [-0.3, -0.25) is 4.98 Å². The van der Waals surface area contributed by atoms with Gasteiger partial charge in [0.2, 0.25) is 0 Å². The molecule has 8 heteroatoms. The molecule has 7 nitrogen and oxygen atoms in total. The van der Waals surface area contributed by atoms with Crippen LogP contribution in [0, 0.1) is 0 Å². The van der Waals surface area contributed by atoms with Gasteiger partial charge in [0.15, 0.2) is 0 Å². The van der Waals surface area contributed by atoms with Gasteiger partial charge in [-0.05, 0) is 31.2 Å². The van der Waals surface area contributed by atoms with Gasteiger partial charge in [0.25, 0.3) is 0 Å². The third-order valence-corrected chi connectivity index (χ3v) is 5.32. The molecule has 4 rings (SSSR count). The quantitative estimate of drug-likeness (QED) is 0.468. The van der Waals surface area contributed by atoms with E-state index in [2.05, 4.69) is 15.0 Å². The van der Waals surface area contributed by atoms with Gasteiger partial charge in [-0.1, -0.05) is 6.07 Å². The Morgan fingerprint density at radius 2 is 2.17 bits per heavy atom. The van der Waals surface area contributed by atoms with Gasteiger partial charge in [-0.25, -0.2) is 9.78 Å². The number of carbonyl (C=O) groups is 1. The van der Waals surface area contributed by atoms with Crippen LogP contribution in [0.3, 0.4) is 0 Å². The lowest BCUT2D eigenvalue weighted by Gasteiger charge is -2.13. The highest BCUT2D eigenvalue weighted by Gasteiger charge is 2.24. The highest BCUT2D eigenvalue weighted by molar-refractivity contribution is 7.13. The van der Waals surface area contributed by atoms with E-state index in [1.54, 1.807) is 43.9 Å². The molecule has 1 unspecified atom stereocenters. The maximum atomic E-state index is 12.0. The zero-order valence-corrected chi connectivity index (χ0v) is 16.7. The number of ether oxygens (including phenoxy) is 2. The molecule has 1 aromatic carbocycles. The summed E-state index contributed by atoms with van der Waals surface area (Å²) in [4.78, 5) is 24.8. The van der Waals surface area contributed by atoms with Crippen LogP contribution in [-0.2, 0) is 4.74 Å². The number of carbonyl (C=O) groups excluding carboxylic acids is 1. The Labute approximate surface area is 171 Å². The van der Waals surface area contributed by atoms with E-state index < -0.39 is 12.1 Å². The number of thiazole rings is 1. The molecule has 148 valence electrons. The average Bonchev–Trinajstić information content (AvgIpc) is 3.40. The zero-order chi connectivity index (χ0) is 20.4. The molecular formula is C21H19N3O4S. The molecule has 0 fully saturated rings. The normalized spacial score (nSPS) is 12.1. The summed E-state index contributed by atoms with van der Waals surface area (Å²) in [5.41, 5.74) is 4.50. The first-order valence-corrected chi connectivity index (χ1v) is 9.91. The number of rotatable bonds is 6. The fourth-order valence-electron chi connectivity index (χ4n) is 3.21. The standard InChI is InChI=1S/C21H19N3O4S/c1-3-28-21(26)15-6-4-5-14(23-15)20(25)18-13-8-7-12(27-2)9-16(13)24-19(18)17-10-22-11-29-17/h4-11,20,24-25H,3H2,1-2H3. The molecule has 0 aliphatic carbocycles. The third-order valence-electron chi connectivity index (χ3n) is 4.53. The second kappa shape index (κ2) is 8.02. The van der Waals surface area contributed by atoms with Crippen molar-refractivity contribution in [2.45, 2.75) is 13.0 Å². The first kappa shape index (κ1) is 19.1. The number of hydrogen-bond donors (Lipinski definition) is 2. The summed E-state index contributed by atoms with van der Waals surface area (Å²) in [6.07, 6.45) is 0.689. The number of hydrogen-bond acceptors (Lipinski definition) is 7. The van der Waals surface area contributed by atoms with Crippen LogP contribution < -0.4 is 4.74 Å². The van der Waals surface area contributed by atoms with Crippen molar-refractivity contribution in [1.29, 1.82) is 0 Å². The van der Waals surface area contributed by atoms with Crippen molar-refractivity contribution in [1.82, 2.24) is 15.0 Å². The van der Waals surface area contributed by atoms with Gasteiger partial charge in [-0.2, -0.15) is 0 Å². The number of methoxy groups -OCH3 is 1. The highest BCUT2D eigenvalue weighted by atomic mass is 32.1. The van der Waals surface area contributed by atoms with Crippen LogP contribution in [0.5, 0.6) is 5.75 Å². The lowest BCUT2D eigenvalue weighted by atomic mass is 10.0. The van der Waals surface area contributed by atoms with Crippen LogP contribution in [0.25, 0.3) is 21.5 Å². The van der Waals surface area contributed by atoms with Crippen molar-refractivity contribution in [3.05, 3.63) is 65.1 Å². The van der Waals surface area contributed by atoms with E-state index in [1.165, 1.54) is 11.3 Å². The lowest BCUT2D eigenvalue weighted by molar-refractivity contribution is 0.0518. The number of pyridine rings is 1. The minimum absolute atomic E-state index is 0.157. The maximum Gasteiger partial charge on any atom is 0.356 e. The summed E-state index contributed by atoms with van der Waals surface area (Å²) in [5.74, 6) is 0.186. The number of aliphatic hydroxyl groups is 1. The Morgan fingerprint density at radius 1 is 1.31 bits per heavy atom. The minimum atomic E-state index is -1.05. The molecule has 0 radical (unpaired) electrons. The number of nitrogens with zero attached hydrogens (tertiary/aromatic N) is 2. The van der Waals surface area contributed by atoms with Crippen molar-refractivity contribution in [2.24, 2.45) is 0 Å². The van der Waals surface area contributed by atoms with Crippen molar-refractivity contribution < 1.29 is 19.4 Å². The second-order valence-corrected chi connectivity index (χ2v) is 7.15. The van der Waals surface area contributed by atoms with E-state index in [4.69, 9.17) is 9.47 Å². The lowest BCUT2D eigenvalue weighted by Crippen LogP contribution is -2.10. The van der Waals surface area contributed by atoms with Crippen molar-refractivity contribution in [2.75, 3.05) is 13.7 Å². The summed E-state index contributed by atoms with van der Waals surface area (Å²) in [7, 11) is 1.61. The number of aliphatic hydroxyl groups excluding tert-OH is 1. The van der Waals surface area contributed by atoms with Crippen LogP contribution in [0.15, 0.2) is 48.1 Å². The predicted molar refractivity (Wildman–Crippen MR) is 110 cm³/mol. The Balaban J connectivity index is 1.85. The number of benzene rings is 1. The number of aromatic nitrogens is 3. The predicted octanol–water partition coefficient (Wildman–Crippen LogP) is 3.95. The number of aromatic amines is 1. The van der Waals surface area contributed by atoms with Gasteiger partial charge in [0, 0.05) is 28.7 Å². The van der Waals surface area contributed by atoms with Crippen LogP contribution >= 0.6 is 11.3 Å². The van der Waals surface area contributed by atoms with Crippen LogP contribution in [0.1, 0.15) is 34.8 Å². The van der Waals surface area contributed by atoms with Gasteiger partial charge < -0.3 is 19.6 Å². The second-order valence-electron chi connectivity index (χ2n) is 6.26. The summed E-state index contributed by atoms with van der Waals surface area (Å²) >= 11 is 1.46. The van der Waals surface area contributed by atoms with E-state index in [-0.39, 0.29) is 12.3 Å². The average molecular weight is 409 g/mol. The molecule has 0 saturated heterocycles. The molecular weight excluding hydrogens is 390 g/mol. The summed E-state index contributed by atoms with van der Waals surface area (Å²) in [5, 5.41) is 12.1. The maximum absolute atomic E-state index is 12.0. The fraction of sp³-hybridized carbons (Fsp3) is 0.190. The van der Waals surface area contributed by atoms with Crippen LogP contribution in [-0.4, -0.2) is 39.7 Å². The summed E-state index contributed by atoms with van der Waals surface area (Å²) in [6.45, 7) is 1.99. The molecule has 0 bridgehead atoms. The fourth-order valence-corrected chi connectivity index (χ4v) is 3.85. The first-order valence-electron chi connectivity index (χ1n) is 9.03. The molecule has 1 atom stereocenters. The number of fused-ring (bicyclic) bond motifs is 1. The highest BCUT2D eigenvalue weighted by Crippen LogP contribution is 2.39. The van der Waals surface area contributed by atoms with Crippen molar-refractivity contribution in [3.63, 3.8) is 0 Å². The van der Waals surface area contributed by atoms with Gasteiger partial charge in [0.05, 0.1) is 35.5 Å². The van der Waals surface area contributed by atoms with E-state index in [0.29, 0.717) is 17.0 Å².